The normalized spacial score (nSPS) is 10.4. The first-order chi connectivity index (χ1) is 12.5. The first kappa shape index (κ1) is 17.8. The molecule has 0 saturated carbocycles. The van der Waals surface area contributed by atoms with E-state index in [1.165, 1.54) is 18.3 Å². The van der Waals surface area contributed by atoms with Crippen molar-refractivity contribution in [2.24, 2.45) is 0 Å². The van der Waals surface area contributed by atoms with Gasteiger partial charge in [-0.25, -0.2) is 4.98 Å². The minimum absolute atomic E-state index is 0.135. The van der Waals surface area contributed by atoms with Crippen molar-refractivity contribution in [1.29, 1.82) is 0 Å². The molecular formula is C19H18N4O2S. The SMILES string of the molecule is CC(=O)Nc1cccc(NC(=O)Cc2sc(-c3ccccn3)nc2C)c1. The molecule has 0 aliphatic carbocycles. The van der Waals surface area contributed by atoms with E-state index in [0.717, 1.165) is 21.3 Å². The van der Waals surface area contributed by atoms with Crippen molar-refractivity contribution < 1.29 is 9.59 Å². The van der Waals surface area contributed by atoms with Crippen LogP contribution >= 0.6 is 11.3 Å². The summed E-state index contributed by atoms with van der Waals surface area (Å²) in [6, 6.07) is 12.7. The number of thiazole rings is 1. The molecule has 2 amide bonds. The van der Waals surface area contributed by atoms with Gasteiger partial charge in [0.05, 0.1) is 17.8 Å². The third-order valence-corrected chi connectivity index (χ3v) is 4.74. The van der Waals surface area contributed by atoms with Gasteiger partial charge in [-0.3, -0.25) is 14.6 Å². The second kappa shape index (κ2) is 7.88. The van der Waals surface area contributed by atoms with Crippen molar-refractivity contribution in [2.75, 3.05) is 10.6 Å². The van der Waals surface area contributed by atoms with Crippen LogP contribution in [0.4, 0.5) is 11.4 Å². The summed E-state index contributed by atoms with van der Waals surface area (Å²) in [6.45, 7) is 3.33. The highest BCUT2D eigenvalue weighted by Crippen LogP contribution is 2.27. The smallest absolute Gasteiger partial charge is 0.229 e. The third-order valence-electron chi connectivity index (χ3n) is 3.56. The first-order valence-electron chi connectivity index (χ1n) is 8.06. The van der Waals surface area contributed by atoms with Crippen molar-refractivity contribution in [3.8, 4) is 10.7 Å². The molecule has 0 saturated heterocycles. The van der Waals surface area contributed by atoms with E-state index in [9.17, 15) is 9.59 Å². The van der Waals surface area contributed by atoms with Crippen molar-refractivity contribution in [1.82, 2.24) is 9.97 Å². The van der Waals surface area contributed by atoms with Crippen molar-refractivity contribution >= 4 is 34.5 Å². The Morgan fingerprint density at radius 2 is 1.85 bits per heavy atom. The van der Waals surface area contributed by atoms with E-state index < -0.39 is 0 Å². The van der Waals surface area contributed by atoms with Crippen LogP contribution < -0.4 is 10.6 Å². The van der Waals surface area contributed by atoms with Gasteiger partial charge in [0.15, 0.2) is 0 Å². The Labute approximate surface area is 155 Å². The van der Waals surface area contributed by atoms with Gasteiger partial charge in [0.25, 0.3) is 0 Å². The van der Waals surface area contributed by atoms with Gasteiger partial charge in [0, 0.05) is 29.4 Å². The van der Waals surface area contributed by atoms with Crippen molar-refractivity contribution in [3.63, 3.8) is 0 Å². The predicted molar refractivity (Wildman–Crippen MR) is 103 cm³/mol. The van der Waals surface area contributed by atoms with Crippen LogP contribution in [0.3, 0.4) is 0 Å². The molecule has 2 aromatic heterocycles. The molecule has 0 aliphatic rings. The van der Waals surface area contributed by atoms with E-state index in [4.69, 9.17) is 0 Å². The molecule has 6 nitrogen and oxygen atoms in total. The maximum Gasteiger partial charge on any atom is 0.229 e. The summed E-state index contributed by atoms with van der Waals surface area (Å²) < 4.78 is 0. The van der Waals surface area contributed by atoms with Gasteiger partial charge in [-0.05, 0) is 37.3 Å². The average Bonchev–Trinajstić information content (AvgIpc) is 2.96. The number of amides is 2. The lowest BCUT2D eigenvalue weighted by atomic mass is 10.2. The zero-order valence-corrected chi connectivity index (χ0v) is 15.3. The van der Waals surface area contributed by atoms with E-state index in [1.54, 1.807) is 30.5 Å². The lowest BCUT2D eigenvalue weighted by molar-refractivity contribution is -0.115. The fourth-order valence-corrected chi connectivity index (χ4v) is 3.46. The van der Waals surface area contributed by atoms with Gasteiger partial charge >= 0.3 is 0 Å². The number of carbonyl (C=O) groups is 2. The molecule has 0 unspecified atom stereocenters. The van der Waals surface area contributed by atoms with E-state index in [2.05, 4.69) is 20.6 Å². The highest BCUT2D eigenvalue weighted by molar-refractivity contribution is 7.15. The van der Waals surface area contributed by atoms with Crippen molar-refractivity contribution in [2.45, 2.75) is 20.3 Å². The molecule has 0 atom stereocenters. The standard InChI is InChI=1S/C19H18N4O2S/c1-12-17(26-19(21-12)16-8-3-4-9-20-16)11-18(25)23-15-7-5-6-14(10-15)22-13(2)24/h3-10H,11H2,1-2H3,(H,22,24)(H,23,25). The van der Waals surface area contributed by atoms with Gasteiger partial charge in [0.1, 0.15) is 5.01 Å². The first-order valence-corrected chi connectivity index (χ1v) is 8.88. The second-order valence-corrected chi connectivity index (χ2v) is 6.81. The Kier molecular flexibility index (Phi) is 5.38. The van der Waals surface area contributed by atoms with Crippen molar-refractivity contribution in [3.05, 3.63) is 59.2 Å². The van der Waals surface area contributed by atoms with Gasteiger partial charge in [0.2, 0.25) is 11.8 Å². The van der Waals surface area contributed by atoms with Gasteiger partial charge in [-0.1, -0.05) is 12.1 Å². The topological polar surface area (TPSA) is 84.0 Å². The summed E-state index contributed by atoms with van der Waals surface area (Å²) in [7, 11) is 0. The fourth-order valence-electron chi connectivity index (χ4n) is 2.42. The van der Waals surface area contributed by atoms with Crippen LogP contribution in [-0.2, 0) is 16.0 Å². The zero-order chi connectivity index (χ0) is 18.5. The molecule has 1 aromatic carbocycles. The van der Waals surface area contributed by atoms with Gasteiger partial charge < -0.3 is 10.6 Å². The minimum atomic E-state index is -0.157. The molecule has 0 radical (unpaired) electrons. The van der Waals surface area contributed by atoms with Crippen LogP contribution in [0.5, 0.6) is 0 Å². The average molecular weight is 366 g/mol. The number of carbonyl (C=O) groups excluding carboxylic acids is 2. The largest absolute Gasteiger partial charge is 0.326 e. The molecule has 0 aliphatic heterocycles. The van der Waals surface area contributed by atoms with Gasteiger partial charge in [-0.15, -0.1) is 11.3 Å². The molecule has 0 spiro atoms. The molecular weight excluding hydrogens is 348 g/mol. The summed E-state index contributed by atoms with van der Waals surface area (Å²) in [5, 5.41) is 6.35. The Morgan fingerprint density at radius 3 is 2.54 bits per heavy atom. The number of pyridine rings is 1. The summed E-state index contributed by atoms with van der Waals surface area (Å²) >= 11 is 1.47. The molecule has 132 valence electrons. The lowest BCUT2D eigenvalue weighted by Crippen LogP contribution is -2.14. The van der Waals surface area contributed by atoms with Crippen LogP contribution in [-0.4, -0.2) is 21.8 Å². The molecule has 7 heteroatoms. The zero-order valence-electron chi connectivity index (χ0n) is 14.4. The number of rotatable bonds is 5. The summed E-state index contributed by atoms with van der Waals surface area (Å²) in [5.41, 5.74) is 2.91. The number of benzene rings is 1. The van der Waals surface area contributed by atoms with Gasteiger partial charge in [-0.2, -0.15) is 0 Å². The Balaban J connectivity index is 1.69. The number of nitrogens with one attached hydrogen (secondary N) is 2. The quantitative estimate of drug-likeness (QED) is 0.722. The molecule has 2 heterocycles. The Morgan fingerprint density at radius 1 is 1.08 bits per heavy atom. The van der Waals surface area contributed by atoms with E-state index in [0.29, 0.717) is 11.4 Å². The molecule has 26 heavy (non-hydrogen) atoms. The van der Waals surface area contributed by atoms with Crippen LogP contribution in [0.25, 0.3) is 10.7 Å². The Hall–Kier alpha value is -3.06. The highest BCUT2D eigenvalue weighted by atomic mass is 32.1. The number of aryl methyl sites for hydroxylation is 1. The Bertz CT molecular complexity index is 938. The fraction of sp³-hybridized carbons (Fsp3) is 0.158. The second-order valence-electron chi connectivity index (χ2n) is 5.73. The third kappa shape index (κ3) is 4.52. The minimum Gasteiger partial charge on any atom is -0.326 e. The monoisotopic (exact) mass is 366 g/mol. The van der Waals surface area contributed by atoms with E-state index in [-0.39, 0.29) is 18.2 Å². The van der Waals surface area contributed by atoms with Crippen LogP contribution in [0.2, 0.25) is 0 Å². The number of nitrogens with zero attached hydrogens (tertiary/aromatic N) is 2. The summed E-state index contributed by atoms with van der Waals surface area (Å²) in [4.78, 5) is 33.2. The summed E-state index contributed by atoms with van der Waals surface area (Å²) in [5.74, 6) is -0.292. The molecule has 0 fully saturated rings. The lowest BCUT2D eigenvalue weighted by Gasteiger charge is -2.07. The summed E-state index contributed by atoms with van der Waals surface area (Å²) in [6.07, 6.45) is 1.96. The highest BCUT2D eigenvalue weighted by Gasteiger charge is 2.14. The van der Waals surface area contributed by atoms with Crippen LogP contribution in [0.15, 0.2) is 48.7 Å². The number of hydrogen-bond donors (Lipinski definition) is 2. The van der Waals surface area contributed by atoms with Crippen LogP contribution in [0, 0.1) is 6.92 Å². The van der Waals surface area contributed by atoms with E-state index >= 15 is 0 Å². The number of hydrogen-bond acceptors (Lipinski definition) is 5. The maximum absolute atomic E-state index is 12.4. The molecule has 3 aromatic rings. The molecule has 0 bridgehead atoms. The van der Waals surface area contributed by atoms with E-state index in [1.807, 2.05) is 25.1 Å². The maximum atomic E-state index is 12.4. The number of aromatic nitrogens is 2. The molecule has 2 N–H and O–H groups in total. The predicted octanol–water partition coefficient (Wildman–Crippen LogP) is 3.65. The number of anilines is 2. The molecule has 3 rings (SSSR count). The van der Waals surface area contributed by atoms with Crippen LogP contribution in [0.1, 0.15) is 17.5 Å².